The van der Waals surface area contributed by atoms with Crippen LogP contribution in [0.4, 0.5) is 5.69 Å². The quantitative estimate of drug-likeness (QED) is 0.414. The number of anilines is 1. The van der Waals surface area contributed by atoms with Crippen molar-refractivity contribution in [2.75, 3.05) is 18.4 Å². The minimum absolute atomic E-state index is 0.114. The molecule has 0 radical (unpaired) electrons. The first-order valence-electron chi connectivity index (χ1n) is 11.9. The standard InChI is InChI=1S/C25H25N7O3S/c1-14-11-32(23(34)22(33)29-18-10-26-8-16-9-28-30-21(16)18)19(12-31(14)24(35)25(2)5-6-25)15-3-4-20-17(7-15)27-13-36-20/h3-4,7-10,13-14,19H,5-6,11-12H2,1-2H3,(H,28,30)(H,29,33). The Bertz CT molecular complexity index is 1510. The number of piperazine rings is 1. The number of thiazole rings is 1. The van der Waals surface area contributed by atoms with Crippen LogP contribution in [0.15, 0.2) is 42.3 Å². The first-order chi connectivity index (χ1) is 17.3. The van der Waals surface area contributed by atoms with Crippen molar-refractivity contribution in [2.24, 2.45) is 5.41 Å². The Kier molecular flexibility index (Phi) is 5.25. The fourth-order valence-corrected chi connectivity index (χ4v) is 5.52. The second kappa shape index (κ2) is 8.37. The number of pyridine rings is 1. The van der Waals surface area contributed by atoms with Gasteiger partial charge in [-0.05, 0) is 37.5 Å². The summed E-state index contributed by atoms with van der Waals surface area (Å²) >= 11 is 1.54. The average molecular weight is 504 g/mol. The van der Waals surface area contributed by atoms with E-state index in [1.54, 1.807) is 34.1 Å². The van der Waals surface area contributed by atoms with Crippen LogP contribution in [0, 0.1) is 5.41 Å². The molecule has 2 aliphatic rings. The van der Waals surface area contributed by atoms with E-state index in [0.29, 0.717) is 17.7 Å². The summed E-state index contributed by atoms with van der Waals surface area (Å²) in [6.07, 6.45) is 6.46. The third kappa shape index (κ3) is 3.79. The molecule has 4 heterocycles. The number of nitrogens with one attached hydrogen (secondary N) is 2. The Hall–Kier alpha value is -3.86. The summed E-state index contributed by atoms with van der Waals surface area (Å²) in [7, 11) is 0. The SMILES string of the molecule is CC1CN(C(=O)C(=O)Nc2cncc3cn[nH]c23)C(c2ccc3scnc3c2)CN1C(=O)C1(C)CC1. The fraction of sp³-hybridized carbons (Fsp3) is 0.360. The first kappa shape index (κ1) is 22.6. The minimum atomic E-state index is -0.764. The van der Waals surface area contributed by atoms with Crippen LogP contribution in [0.25, 0.3) is 21.1 Å². The molecule has 1 aromatic carbocycles. The predicted molar refractivity (Wildman–Crippen MR) is 135 cm³/mol. The van der Waals surface area contributed by atoms with E-state index in [9.17, 15) is 14.4 Å². The molecule has 0 spiro atoms. The van der Waals surface area contributed by atoms with Crippen molar-refractivity contribution in [3.8, 4) is 0 Å². The normalized spacial score (nSPS) is 21.1. The molecule has 184 valence electrons. The van der Waals surface area contributed by atoms with Gasteiger partial charge in [-0.1, -0.05) is 13.0 Å². The molecular formula is C25H25N7O3S. The van der Waals surface area contributed by atoms with Gasteiger partial charge in [0.15, 0.2) is 0 Å². The summed E-state index contributed by atoms with van der Waals surface area (Å²) in [6, 6.07) is 5.18. The van der Waals surface area contributed by atoms with Crippen LogP contribution in [0.5, 0.6) is 0 Å². The molecule has 2 unspecified atom stereocenters. The van der Waals surface area contributed by atoms with E-state index >= 15 is 0 Å². The smallest absolute Gasteiger partial charge is 0.314 e. The number of hydrogen-bond donors (Lipinski definition) is 2. The highest BCUT2D eigenvalue weighted by Crippen LogP contribution is 2.47. The molecule has 2 fully saturated rings. The molecule has 1 aliphatic carbocycles. The average Bonchev–Trinajstić information content (AvgIpc) is 3.25. The van der Waals surface area contributed by atoms with E-state index in [4.69, 9.17) is 0 Å². The molecule has 1 aliphatic heterocycles. The van der Waals surface area contributed by atoms with E-state index in [2.05, 4.69) is 25.5 Å². The number of carbonyl (C=O) groups excluding carboxylic acids is 3. The van der Waals surface area contributed by atoms with Crippen molar-refractivity contribution in [1.29, 1.82) is 0 Å². The van der Waals surface area contributed by atoms with Gasteiger partial charge in [0, 0.05) is 36.1 Å². The van der Waals surface area contributed by atoms with Crippen molar-refractivity contribution in [2.45, 2.75) is 38.8 Å². The number of amides is 3. The highest BCUT2D eigenvalue weighted by Gasteiger charge is 2.50. The van der Waals surface area contributed by atoms with Gasteiger partial charge in [-0.25, -0.2) is 4.98 Å². The largest absolute Gasteiger partial charge is 0.335 e. The molecule has 2 N–H and O–H groups in total. The minimum Gasteiger partial charge on any atom is -0.335 e. The van der Waals surface area contributed by atoms with Crippen LogP contribution < -0.4 is 5.32 Å². The van der Waals surface area contributed by atoms with Gasteiger partial charge in [0.2, 0.25) is 5.91 Å². The summed E-state index contributed by atoms with van der Waals surface area (Å²) < 4.78 is 1.04. The summed E-state index contributed by atoms with van der Waals surface area (Å²) in [6.45, 7) is 4.49. The van der Waals surface area contributed by atoms with Gasteiger partial charge in [0.1, 0.15) is 0 Å². The lowest BCUT2D eigenvalue weighted by atomic mass is 9.97. The zero-order chi connectivity index (χ0) is 25.0. The van der Waals surface area contributed by atoms with E-state index in [1.165, 1.54) is 6.20 Å². The number of benzene rings is 1. The predicted octanol–water partition coefficient (Wildman–Crippen LogP) is 3.11. The van der Waals surface area contributed by atoms with Crippen LogP contribution >= 0.6 is 11.3 Å². The zero-order valence-electron chi connectivity index (χ0n) is 19.9. The number of nitrogens with zero attached hydrogens (tertiary/aromatic N) is 5. The van der Waals surface area contributed by atoms with Crippen molar-refractivity contribution < 1.29 is 14.4 Å². The van der Waals surface area contributed by atoms with E-state index in [-0.39, 0.29) is 23.9 Å². The third-order valence-corrected chi connectivity index (χ3v) is 8.12. The lowest BCUT2D eigenvalue weighted by molar-refractivity contribution is -0.153. The second-order valence-corrected chi connectivity index (χ2v) is 10.8. The molecule has 3 amide bonds. The van der Waals surface area contributed by atoms with Gasteiger partial charge in [-0.15, -0.1) is 11.3 Å². The summed E-state index contributed by atoms with van der Waals surface area (Å²) in [5.41, 5.74) is 4.11. The van der Waals surface area contributed by atoms with Crippen LogP contribution in [0.1, 0.15) is 38.3 Å². The van der Waals surface area contributed by atoms with Crippen LogP contribution in [0.3, 0.4) is 0 Å². The Labute approximate surface area is 210 Å². The third-order valence-electron chi connectivity index (χ3n) is 7.31. The topological polar surface area (TPSA) is 124 Å². The Morgan fingerprint density at radius 3 is 2.78 bits per heavy atom. The van der Waals surface area contributed by atoms with Gasteiger partial charge in [-0.2, -0.15) is 5.10 Å². The number of aromatic nitrogens is 4. The molecule has 6 rings (SSSR count). The van der Waals surface area contributed by atoms with Crippen molar-refractivity contribution in [1.82, 2.24) is 30.0 Å². The molecule has 4 aromatic rings. The molecule has 36 heavy (non-hydrogen) atoms. The highest BCUT2D eigenvalue weighted by atomic mass is 32.1. The molecule has 1 saturated carbocycles. The lowest BCUT2D eigenvalue weighted by Gasteiger charge is -2.46. The van der Waals surface area contributed by atoms with Gasteiger partial charge < -0.3 is 15.1 Å². The molecule has 2 atom stereocenters. The number of hydrogen-bond acceptors (Lipinski definition) is 7. The van der Waals surface area contributed by atoms with Crippen LogP contribution in [-0.4, -0.2) is 66.8 Å². The maximum Gasteiger partial charge on any atom is 0.314 e. The second-order valence-electron chi connectivity index (χ2n) is 9.90. The molecule has 0 bridgehead atoms. The van der Waals surface area contributed by atoms with Crippen LogP contribution in [-0.2, 0) is 14.4 Å². The zero-order valence-corrected chi connectivity index (χ0v) is 20.7. The lowest BCUT2D eigenvalue weighted by Crippen LogP contribution is -2.59. The molecule has 10 nitrogen and oxygen atoms in total. The maximum absolute atomic E-state index is 13.6. The Morgan fingerprint density at radius 1 is 1.14 bits per heavy atom. The molecular weight excluding hydrogens is 478 g/mol. The summed E-state index contributed by atoms with van der Waals surface area (Å²) in [5, 5.41) is 10.2. The summed E-state index contributed by atoms with van der Waals surface area (Å²) in [4.78, 5) is 52.0. The highest BCUT2D eigenvalue weighted by molar-refractivity contribution is 7.16. The Morgan fingerprint density at radius 2 is 1.97 bits per heavy atom. The number of rotatable bonds is 3. The van der Waals surface area contributed by atoms with Gasteiger partial charge in [0.05, 0.1) is 45.4 Å². The van der Waals surface area contributed by atoms with Gasteiger partial charge >= 0.3 is 11.8 Å². The van der Waals surface area contributed by atoms with E-state index in [0.717, 1.165) is 34.0 Å². The summed E-state index contributed by atoms with van der Waals surface area (Å²) in [5.74, 6) is -1.31. The van der Waals surface area contributed by atoms with Gasteiger partial charge in [-0.3, -0.25) is 24.5 Å². The number of aromatic amines is 1. The van der Waals surface area contributed by atoms with Crippen molar-refractivity contribution in [3.63, 3.8) is 0 Å². The molecule has 11 heteroatoms. The number of H-pyrrole nitrogens is 1. The van der Waals surface area contributed by atoms with Crippen molar-refractivity contribution in [3.05, 3.63) is 47.9 Å². The van der Waals surface area contributed by atoms with Gasteiger partial charge in [0.25, 0.3) is 0 Å². The van der Waals surface area contributed by atoms with Crippen molar-refractivity contribution >= 4 is 55.9 Å². The monoisotopic (exact) mass is 503 g/mol. The van der Waals surface area contributed by atoms with E-state index in [1.807, 2.05) is 36.9 Å². The van der Waals surface area contributed by atoms with Crippen LogP contribution in [0.2, 0.25) is 0 Å². The molecule has 3 aromatic heterocycles. The maximum atomic E-state index is 13.6. The Balaban J connectivity index is 1.32. The van der Waals surface area contributed by atoms with E-state index < -0.39 is 17.9 Å². The number of carbonyl (C=O) groups is 3. The fourth-order valence-electron chi connectivity index (χ4n) is 4.87. The molecule has 1 saturated heterocycles. The number of fused-ring (bicyclic) bond motifs is 2. The first-order valence-corrected chi connectivity index (χ1v) is 12.8.